The normalized spacial score (nSPS) is 24.5. The van der Waals surface area contributed by atoms with E-state index >= 15 is 0 Å². The molecule has 2 fully saturated rings. The number of nitrogens with one attached hydrogen (secondary N) is 1. The van der Waals surface area contributed by atoms with E-state index in [0.29, 0.717) is 30.8 Å². The summed E-state index contributed by atoms with van der Waals surface area (Å²) in [5, 5.41) is 15.8. The van der Waals surface area contributed by atoms with E-state index < -0.39 is 11.7 Å². The van der Waals surface area contributed by atoms with Gasteiger partial charge in [0.05, 0.1) is 7.11 Å². The largest absolute Gasteiger partial charge is 0.453 e. The van der Waals surface area contributed by atoms with E-state index in [1.54, 1.807) is 23.3 Å². The molecule has 2 aromatic heterocycles. The van der Waals surface area contributed by atoms with Crippen LogP contribution < -0.4 is 11.1 Å². The lowest BCUT2D eigenvalue weighted by Gasteiger charge is -2.41. The zero-order valence-corrected chi connectivity index (χ0v) is 23.0. The third-order valence-electron chi connectivity index (χ3n) is 8.10. The number of methoxy groups -OCH3 is 1. The number of carbonyl (C=O) groups excluding carboxylic acids is 2. The van der Waals surface area contributed by atoms with Crippen LogP contribution >= 0.6 is 11.3 Å². The quantitative estimate of drug-likeness (QED) is 0.387. The van der Waals surface area contributed by atoms with E-state index in [0.717, 1.165) is 47.9 Å². The standard InChI is InChI=1S/C29H34FN5O3S/c1-35(28(37)38-2)23-9-3-18(4-10-23)13-26(36)32-25-14-24(20-11-12-39-17-20)27(34-33-25)19-5-7-21(8-6-19)29(31)15-22(30)16-29/h5-8,11-12,14,17-18,22-23H,3-4,9-10,13,15-16,31H2,1-2H3,(H,32,33,36)/t18?,22-,23?,29-. The van der Waals surface area contributed by atoms with Crippen molar-refractivity contribution < 1.29 is 18.7 Å². The van der Waals surface area contributed by atoms with E-state index in [9.17, 15) is 14.0 Å². The molecule has 3 aromatic rings. The van der Waals surface area contributed by atoms with E-state index in [1.807, 2.05) is 47.2 Å². The lowest BCUT2D eigenvalue weighted by molar-refractivity contribution is -0.117. The Morgan fingerprint density at radius 3 is 2.46 bits per heavy atom. The smallest absolute Gasteiger partial charge is 0.409 e. The molecular formula is C29H34FN5O3S. The van der Waals surface area contributed by atoms with Crippen LogP contribution in [0.3, 0.4) is 0 Å². The summed E-state index contributed by atoms with van der Waals surface area (Å²) in [5.74, 6) is 0.566. The van der Waals surface area contributed by atoms with E-state index in [1.165, 1.54) is 7.11 Å². The fourth-order valence-electron chi connectivity index (χ4n) is 5.72. The molecule has 0 saturated heterocycles. The first-order valence-corrected chi connectivity index (χ1v) is 14.2. The van der Waals surface area contributed by atoms with Gasteiger partial charge in [-0.2, -0.15) is 11.3 Å². The van der Waals surface area contributed by atoms with Gasteiger partial charge in [-0.15, -0.1) is 10.2 Å². The number of amides is 2. The summed E-state index contributed by atoms with van der Waals surface area (Å²) in [6.45, 7) is 0. The molecule has 2 aliphatic rings. The number of halogens is 1. The van der Waals surface area contributed by atoms with Crippen molar-refractivity contribution in [2.24, 2.45) is 11.7 Å². The van der Waals surface area contributed by atoms with Crippen LogP contribution in [0.25, 0.3) is 22.4 Å². The second-order valence-corrected chi connectivity index (χ2v) is 11.5. The van der Waals surface area contributed by atoms with Crippen LogP contribution in [0.5, 0.6) is 0 Å². The number of hydrogen-bond donors (Lipinski definition) is 2. The zero-order chi connectivity index (χ0) is 27.6. The number of hydrogen-bond acceptors (Lipinski definition) is 7. The van der Waals surface area contributed by atoms with Gasteiger partial charge in [-0.3, -0.25) is 4.79 Å². The summed E-state index contributed by atoms with van der Waals surface area (Å²) in [6.07, 6.45) is 3.35. The summed E-state index contributed by atoms with van der Waals surface area (Å²) >= 11 is 1.58. The monoisotopic (exact) mass is 551 g/mol. The SMILES string of the molecule is COC(=O)N(C)C1CCC(CC(=O)Nc2cc(-c3ccsc3)c(-c3ccc([C@]4(N)C[C@H](F)C4)cc3)nn2)CC1. The Hall–Kier alpha value is -3.37. The predicted molar refractivity (Wildman–Crippen MR) is 150 cm³/mol. The predicted octanol–water partition coefficient (Wildman–Crippen LogP) is 5.74. The molecule has 0 aliphatic heterocycles. The van der Waals surface area contributed by atoms with Gasteiger partial charge in [0, 0.05) is 49.0 Å². The first kappa shape index (κ1) is 27.2. The fraction of sp³-hybridized carbons (Fsp3) is 0.448. The summed E-state index contributed by atoms with van der Waals surface area (Å²) in [6, 6.07) is 11.8. The summed E-state index contributed by atoms with van der Waals surface area (Å²) < 4.78 is 18.3. The minimum atomic E-state index is -0.836. The molecule has 206 valence electrons. The van der Waals surface area contributed by atoms with Crippen molar-refractivity contribution >= 4 is 29.2 Å². The lowest BCUT2D eigenvalue weighted by Crippen LogP contribution is -2.50. The van der Waals surface area contributed by atoms with Crippen LogP contribution in [0.1, 0.15) is 50.5 Å². The number of carbonyl (C=O) groups is 2. The number of nitrogens with two attached hydrogens (primary N) is 1. The molecule has 1 aromatic carbocycles. The highest BCUT2D eigenvalue weighted by molar-refractivity contribution is 7.08. The Morgan fingerprint density at radius 2 is 1.85 bits per heavy atom. The first-order chi connectivity index (χ1) is 18.8. The molecule has 3 N–H and O–H groups in total. The maximum absolute atomic E-state index is 13.5. The molecule has 2 aliphatic carbocycles. The van der Waals surface area contributed by atoms with Crippen LogP contribution in [-0.2, 0) is 15.1 Å². The molecule has 10 heteroatoms. The molecule has 8 nitrogen and oxygen atoms in total. The van der Waals surface area contributed by atoms with E-state index in [4.69, 9.17) is 10.5 Å². The minimum Gasteiger partial charge on any atom is -0.453 e. The molecule has 0 unspecified atom stereocenters. The average molecular weight is 552 g/mol. The van der Waals surface area contributed by atoms with Crippen LogP contribution in [0.15, 0.2) is 47.2 Å². The molecule has 39 heavy (non-hydrogen) atoms. The van der Waals surface area contributed by atoms with Gasteiger partial charge < -0.3 is 20.7 Å². The van der Waals surface area contributed by atoms with E-state index in [2.05, 4.69) is 15.5 Å². The molecule has 2 heterocycles. The zero-order valence-electron chi connectivity index (χ0n) is 22.2. The molecule has 0 radical (unpaired) electrons. The first-order valence-electron chi connectivity index (χ1n) is 13.3. The third kappa shape index (κ3) is 5.96. The van der Waals surface area contributed by atoms with Crippen molar-refractivity contribution in [1.82, 2.24) is 15.1 Å². The minimum absolute atomic E-state index is 0.0950. The number of thiophene rings is 1. The average Bonchev–Trinajstić information content (AvgIpc) is 3.47. The van der Waals surface area contributed by atoms with Gasteiger partial charge in [-0.05, 0) is 65.6 Å². The Morgan fingerprint density at radius 1 is 1.13 bits per heavy atom. The maximum Gasteiger partial charge on any atom is 0.409 e. The van der Waals surface area contributed by atoms with Crippen LogP contribution in [0, 0.1) is 5.92 Å². The van der Waals surface area contributed by atoms with E-state index in [-0.39, 0.29) is 24.0 Å². The molecule has 2 amide bonds. The van der Waals surface area contributed by atoms with Gasteiger partial charge in [0.25, 0.3) is 0 Å². The number of benzene rings is 1. The Balaban J connectivity index is 1.26. The molecule has 5 rings (SSSR count). The second-order valence-electron chi connectivity index (χ2n) is 10.8. The number of aromatic nitrogens is 2. The highest BCUT2D eigenvalue weighted by atomic mass is 32.1. The van der Waals surface area contributed by atoms with Gasteiger partial charge in [-0.25, -0.2) is 9.18 Å². The number of ether oxygens (including phenoxy) is 1. The Kier molecular flexibility index (Phi) is 7.95. The number of nitrogens with zero attached hydrogens (tertiary/aromatic N) is 3. The fourth-order valence-corrected chi connectivity index (χ4v) is 6.37. The number of rotatable bonds is 7. The van der Waals surface area contributed by atoms with Crippen LogP contribution in [0.4, 0.5) is 15.0 Å². The molecule has 0 atom stereocenters. The van der Waals surface area contributed by atoms with Crippen molar-refractivity contribution in [1.29, 1.82) is 0 Å². The Bertz CT molecular complexity index is 1300. The second kappa shape index (κ2) is 11.4. The summed E-state index contributed by atoms with van der Waals surface area (Å²) in [4.78, 5) is 26.3. The third-order valence-corrected chi connectivity index (χ3v) is 8.78. The van der Waals surface area contributed by atoms with Gasteiger partial charge >= 0.3 is 6.09 Å². The highest BCUT2D eigenvalue weighted by Crippen LogP contribution is 2.42. The van der Waals surface area contributed by atoms with Gasteiger partial charge in [0.1, 0.15) is 11.9 Å². The maximum atomic E-state index is 13.5. The topological polar surface area (TPSA) is 110 Å². The summed E-state index contributed by atoms with van der Waals surface area (Å²) in [7, 11) is 3.15. The van der Waals surface area contributed by atoms with Gasteiger partial charge in [0.15, 0.2) is 5.82 Å². The van der Waals surface area contributed by atoms with Crippen molar-refractivity contribution in [2.75, 3.05) is 19.5 Å². The molecule has 0 spiro atoms. The van der Waals surface area contributed by atoms with Crippen molar-refractivity contribution in [3.8, 4) is 22.4 Å². The lowest BCUT2D eigenvalue weighted by atomic mass is 9.71. The molecule has 0 bridgehead atoms. The van der Waals surface area contributed by atoms with Gasteiger partial charge in [-0.1, -0.05) is 24.3 Å². The molecule has 2 saturated carbocycles. The van der Waals surface area contributed by atoms with Crippen molar-refractivity contribution in [2.45, 2.75) is 62.7 Å². The van der Waals surface area contributed by atoms with Crippen molar-refractivity contribution in [3.63, 3.8) is 0 Å². The summed E-state index contributed by atoms with van der Waals surface area (Å²) in [5.41, 5.74) is 10.1. The molecular weight excluding hydrogens is 517 g/mol. The van der Waals surface area contributed by atoms with Crippen LogP contribution in [0.2, 0.25) is 0 Å². The van der Waals surface area contributed by atoms with Crippen LogP contribution in [-0.4, -0.2) is 53.5 Å². The Labute approximate surface area is 231 Å². The highest BCUT2D eigenvalue weighted by Gasteiger charge is 2.42. The van der Waals surface area contributed by atoms with Gasteiger partial charge in [0.2, 0.25) is 5.91 Å². The number of alkyl halides is 1. The number of anilines is 1. The van der Waals surface area contributed by atoms with Crippen molar-refractivity contribution in [3.05, 3.63) is 52.7 Å².